The van der Waals surface area contributed by atoms with Crippen molar-refractivity contribution >= 4 is 189 Å². The van der Waals surface area contributed by atoms with Crippen LogP contribution >= 0.6 is 80.7 Å². The predicted molar refractivity (Wildman–Crippen MR) is 546 cm³/mol. The normalized spacial score (nSPS) is 21.0. The van der Waals surface area contributed by atoms with Crippen LogP contribution in [0, 0.1) is 0 Å². The standard InChI is InChI=1S/C39H30O12.2C17H21BO6.C12H24B2O4.C11H9BrO4.C6H3Br3.BrH/c1-46-37(47-2)31(40)25-10-7-19(16-28(25)34(37)43)22-13-23(20-8-11-26-29(17-20)35(44)38(48-3,49-4)32(26)41)15-24(14-22)21-9-12-27-30(18-21)36(45)39(50-5,51-6)33(27)42;2*1-15(2)16(3,4)24-18(23-15)10-7-8-11-12(9-10)14(20)17(21-5,22-6)13(11)19;1-9(2)10(3,4)16-13(15-9)14-17-11(5,6)12(7,8)18-14;1-15-11(16-2)9(13)7-4-3-6(12)5-8(7)10(11)14;7-4-1-5(8)3-6(9)2-4;/h7-18H,1-6H3;2*7-9H,1-6H3;1-8H3;3-5H,1-2H3;1-3H;1H. The molecule has 8 aromatic carbocycles. The molecule has 32 nitrogen and oxygen atoms in total. The zero-order valence-corrected chi connectivity index (χ0v) is 92.2. The van der Waals surface area contributed by atoms with Crippen molar-refractivity contribution in [3.63, 3.8) is 0 Å². The minimum Gasteiger partial charge on any atom is -0.405 e. The molecule has 10 aliphatic rings. The number of fused-ring (bicyclic) bond motifs is 6. The molecule has 0 saturated carbocycles. The first-order valence-electron chi connectivity index (χ1n) is 44.6. The smallest absolute Gasteiger partial charge is 0.405 e. The number of hydrogen-bond acceptors (Lipinski definition) is 32. The minimum absolute atomic E-state index is 0. The van der Waals surface area contributed by atoms with Crippen LogP contribution in [0.25, 0.3) is 33.4 Å². The van der Waals surface area contributed by atoms with E-state index in [1.807, 2.05) is 147 Å². The van der Waals surface area contributed by atoms with Gasteiger partial charge in [0.25, 0.3) is 34.7 Å². The van der Waals surface area contributed by atoms with Crippen molar-refractivity contribution in [1.29, 1.82) is 0 Å². The van der Waals surface area contributed by atoms with Crippen LogP contribution in [0.2, 0.25) is 0 Å². The number of Topliss-reactive ketones (excluding diaryl/α,β-unsaturated/α-hetero) is 12. The summed E-state index contributed by atoms with van der Waals surface area (Å²) in [7, 11) is 12.8. The first-order valence-corrected chi connectivity index (χ1v) is 47.8. The lowest BCUT2D eigenvalue weighted by Gasteiger charge is -2.32. The van der Waals surface area contributed by atoms with Gasteiger partial charge in [0.2, 0.25) is 69.4 Å². The minimum atomic E-state index is -2.09. The molecule has 0 atom stereocenters. The number of carbonyl (C=O) groups is 12. The van der Waals surface area contributed by atoms with Gasteiger partial charge in [-0.25, -0.2) is 0 Å². The fraction of sp³-hybridized carbons (Fsp3) is 0.412. The van der Waals surface area contributed by atoms with Gasteiger partial charge in [0.05, 0.1) is 44.8 Å². The van der Waals surface area contributed by atoms with Gasteiger partial charge < -0.3 is 94.1 Å². The second-order valence-electron chi connectivity index (χ2n) is 38.5. The average molecular weight is 2290 g/mol. The zero-order valence-electron chi connectivity index (χ0n) is 84.1. The first kappa shape index (κ1) is 113. The van der Waals surface area contributed by atoms with Crippen LogP contribution in [-0.4, -0.2) is 263 Å². The molecule has 0 bridgehead atoms. The summed E-state index contributed by atoms with van der Waals surface area (Å²) < 4.78 is 114. The number of benzene rings is 8. The van der Waals surface area contributed by atoms with Gasteiger partial charge >= 0.3 is 28.3 Å². The molecular weight excluding hydrogens is 2180 g/mol. The third kappa shape index (κ3) is 19.0. The fourth-order valence-electron chi connectivity index (χ4n) is 17.5. The molecule has 0 unspecified atom stereocenters. The van der Waals surface area contributed by atoms with E-state index in [1.165, 1.54) is 104 Å². The molecule has 756 valence electrons. The number of hydrogen-bond donors (Lipinski definition) is 0. The van der Waals surface area contributed by atoms with E-state index >= 15 is 0 Å². The van der Waals surface area contributed by atoms with Crippen LogP contribution in [0.5, 0.6) is 0 Å². The quantitative estimate of drug-likeness (QED) is 0.0437. The molecule has 4 saturated heterocycles. The summed E-state index contributed by atoms with van der Waals surface area (Å²) in [4.78, 5) is 154. The summed E-state index contributed by atoms with van der Waals surface area (Å²) in [6.45, 7) is 31.8. The van der Waals surface area contributed by atoms with Gasteiger partial charge in [-0.2, -0.15) is 0 Å². The maximum Gasteiger partial charge on any atom is 0.494 e. The summed E-state index contributed by atoms with van der Waals surface area (Å²) in [5.41, 5.74) is 3.91. The molecule has 18 rings (SSSR count). The first-order chi connectivity index (χ1) is 66.2. The van der Waals surface area contributed by atoms with Crippen molar-refractivity contribution in [3.05, 3.63) is 230 Å². The fourth-order valence-corrected chi connectivity index (χ4v) is 20.3. The van der Waals surface area contributed by atoms with Crippen LogP contribution in [0.1, 0.15) is 235 Å². The van der Waals surface area contributed by atoms with E-state index in [-0.39, 0.29) is 95.0 Å². The van der Waals surface area contributed by atoms with Crippen molar-refractivity contribution in [2.75, 3.05) is 85.3 Å². The van der Waals surface area contributed by atoms with Crippen LogP contribution < -0.4 is 10.9 Å². The Labute approximate surface area is 873 Å². The highest BCUT2D eigenvalue weighted by Gasteiger charge is 2.66. The van der Waals surface area contributed by atoms with Gasteiger partial charge in [0.15, 0.2) is 0 Å². The molecule has 4 aliphatic heterocycles. The number of halogens is 5. The van der Waals surface area contributed by atoms with Crippen LogP contribution in [0.3, 0.4) is 0 Å². The molecule has 4 heterocycles. The number of methoxy groups -OCH3 is 12. The molecule has 41 heteroatoms. The molecule has 0 N–H and O–H groups in total. The molecule has 143 heavy (non-hydrogen) atoms. The zero-order chi connectivity index (χ0) is 105. The molecule has 0 amide bonds. The summed E-state index contributed by atoms with van der Waals surface area (Å²) in [5.74, 6) is -18.5. The summed E-state index contributed by atoms with van der Waals surface area (Å²) in [6.07, 6.45) is 0. The number of ketones is 12. The van der Waals surface area contributed by atoms with E-state index in [0.29, 0.717) is 55.4 Å². The van der Waals surface area contributed by atoms with E-state index in [2.05, 4.69) is 63.7 Å². The lowest BCUT2D eigenvalue weighted by Crippen LogP contribution is -2.45. The van der Waals surface area contributed by atoms with E-state index in [0.717, 1.165) is 17.9 Å². The Bertz CT molecular complexity index is 6000. The van der Waals surface area contributed by atoms with Crippen molar-refractivity contribution in [3.8, 4) is 33.4 Å². The summed E-state index contributed by atoms with van der Waals surface area (Å²) >= 11 is 13.3. The van der Waals surface area contributed by atoms with Gasteiger partial charge in [-0.3, -0.25) is 57.5 Å². The van der Waals surface area contributed by atoms with E-state index in [1.54, 1.807) is 91.0 Å². The molecule has 0 spiro atoms. The second kappa shape index (κ2) is 41.0. The largest absolute Gasteiger partial charge is 0.494 e. The lowest BCUT2D eigenvalue weighted by molar-refractivity contribution is -0.133. The van der Waals surface area contributed by atoms with E-state index in [9.17, 15) is 57.5 Å². The Morgan fingerprint density at radius 3 is 0.559 bits per heavy atom. The number of carbonyl (C=O) groups excluding carboxylic acids is 12. The molecular formula is C102H109B4Br5O32. The van der Waals surface area contributed by atoms with Crippen LogP contribution in [0.15, 0.2) is 163 Å². The van der Waals surface area contributed by atoms with Gasteiger partial charge in [0.1, 0.15) is 0 Å². The third-order valence-electron chi connectivity index (χ3n) is 28.7. The van der Waals surface area contributed by atoms with Crippen molar-refractivity contribution in [2.24, 2.45) is 0 Å². The highest BCUT2D eigenvalue weighted by atomic mass is 79.9. The van der Waals surface area contributed by atoms with E-state index < -0.39 is 155 Å². The monoisotopic (exact) mass is 2280 g/mol. The molecule has 4 fully saturated rings. The molecule has 0 radical (unpaired) electrons. The van der Waals surface area contributed by atoms with Crippen molar-refractivity contribution in [1.82, 2.24) is 0 Å². The summed E-state index contributed by atoms with van der Waals surface area (Å²) in [5, 5.41) is 0. The number of ether oxygens (including phenoxy) is 12. The summed E-state index contributed by atoms with van der Waals surface area (Å²) in [6, 6.07) is 40.5. The Kier molecular flexibility index (Phi) is 32.5. The van der Waals surface area contributed by atoms with Gasteiger partial charge in [0, 0.05) is 170 Å². The average Bonchev–Trinajstić information content (AvgIpc) is 1.57. The Morgan fingerprint density at radius 2 is 0.357 bits per heavy atom. The Hall–Kier alpha value is -8.34. The topological polar surface area (TPSA) is 389 Å². The number of rotatable bonds is 18. The van der Waals surface area contributed by atoms with Crippen molar-refractivity contribution < 1.29 is 152 Å². The lowest BCUT2D eigenvalue weighted by atomic mass is 9.49. The third-order valence-corrected chi connectivity index (χ3v) is 30.5. The highest BCUT2D eigenvalue weighted by molar-refractivity contribution is 9.11. The predicted octanol–water partition coefficient (Wildman–Crippen LogP) is 16.1. The van der Waals surface area contributed by atoms with Gasteiger partial charge in [-0.15, -0.1) is 17.0 Å². The second-order valence-corrected chi connectivity index (χ2v) is 42.2. The van der Waals surface area contributed by atoms with Gasteiger partial charge in [-0.05, 0) is 246 Å². The molecule has 8 aromatic rings. The maximum atomic E-state index is 13.5. The van der Waals surface area contributed by atoms with E-state index in [4.69, 9.17) is 94.1 Å². The Balaban J connectivity index is 0.000000167. The SMILES string of the molecule is Br.Brc1cc(Br)cc(Br)c1.CC1(C)OB(B2OC(C)(C)C(C)(C)O2)OC1(C)C.COC1(OC)C(=O)c2ccc(-c3cc(-c4ccc5c(c4)C(=O)C(OC)(OC)C5=O)cc(-c4ccc5c(c4)C(=O)C(OC)(OC)C5=O)c3)cc2C1=O.COC1(OC)C(=O)c2ccc(B3OC(C)(C)C(C)(C)O3)cc2C1=O.COC1(OC)C(=O)c2ccc(B3OC(C)(C)C(C)(C)O3)cc2C1=O.COC1(OC)C(=O)c2ccc(Br)cc2C1=O. The highest BCUT2D eigenvalue weighted by Crippen LogP contribution is 2.49. The molecule has 0 aromatic heterocycles. The maximum absolute atomic E-state index is 13.5. The Morgan fingerprint density at radius 1 is 0.189 bits per heavy atom. The molecule has 6 aliphatic carbocycles. The van der Waals surface area contributed by atoms with Gasteiger partial charge in [-0.1, -0.05) is 118 Å². The van der Waals surface area contributed by atoms with Crippen LogP contribution in [-0.2, 0) is 94.1 Å². The van der Waals surface area contributed by atoms with Crippen molar-refractivity contribution in [2.45, 2.75) is 190 Å². The van der Waals surface area contributed by atoms with Crippen LogP contribution in [0.4, 0.5) is 0 Å².